The second kappa shape index (κ2) is 6.18. The molecule has 1 saturated heterocycles. The topological polar surface area (TPSA) is 47.6 Å². The monoisotopic (exact) mass is 209 g/mol. The fourth-order valence-corrected chi connectivity index (χ4v) is 1.49. The summed E-state index contributed by atoms with van der Waals surface area (Å²) in [7, 11) is 3.08. The van der Waals surface area contributed by atoms with Crippen molar-refractivity contribution in [2.24, 2.45) is 5.92 Å². The van der Waals surface area contributed by atoms with Gasteiger partial charge in [0.2, 0.25) is 0 Å². The molecule has 1 aliphatic heterocycles. The Morgan fingerprint density at radius 1 is 1.46 bits per heavy atom. The van der Waals surface area contributed by atoms with E-state index in [0.717, 1.165) is 13.1 Å². The van der Waals surface area contributed by atoms with E-state index in [1.54, 1.807) is 7.11 Å². The molecule has 0 bridgehead atoms. The smallest absolute Gasteiger partial charge is 0.305 e. The van der Waals surface area contributed by atoms with Crippen LogP contribution in [0, 0.1) is 5.92 Å². The van der Waals surface area contributed by atoms with Crippen molar-refractivity contribution in [3.63, 3.8) is 0 Å². The predicted molar refractivity (Wildman–Crippen MR) is 51.0 cm³/mol. The van der Waals surface area contributed by atoms with Gasteiger partial charge in [0, 0.05) is 26.1 Å². The Kier molecular flexibility index (Phi) is 6.03. The van der Waals surface area contributed by atoms with Crippen LogP contribution in [0.3, 0.4) is 0 Å². The summed E-state index contributed by atoms with van der Waals surface area (Å²) in [5.74, 6) is 0.105. The lowest BCUT2D eigenvalue weighted by atomic mass is 10.0. The number of hydrogen-bond acceptors (Lipinski definition) is 4. The van der Waals surface area contributed by atoms with Gasteiger partial charge in [-0.3, -0.25) is 4.79 Å². The number of hydrogen-bond donors (Lipinski definition) is 1. The van der Waals surface area contributed by atoms with Gasteiger partial charge in [0.15, 0.2) is 0 Å². The minimum Gasteiger partial charge on any atom is -0.469 e. The number of carbonyl (C=O) groups excluding carboxylic acids is 1. The van der Waals surface area contributed by atoms with Crippen molar-refractivity contribution in [1.29, 1.82) is 0 Å². The maximum absolute atomic E-state index is 10.9. The molecule has 13 heavy (non-hydrogen) atoms. The SMILES string of the molecule is COC(=O)CC1CNCC1OC.Cl. The van der Waals surface area contributed by atoms with E-state index in [0.29, 0.717) is 6.42 Å². The molecule has 1 heterocycles. The first-order chi connectivity index (χ1) is 5.77. The number of halogens is 1. The molecule has 0 spiro atoms. The van der Waals surface area contributed by atoms with Crippen molar-refractivity contribution in [1.82, 2.24) is 5.32 Å². The van der Waals surface area contributed by atoms with Crippen molar-refractivity contribution < 1.29 is 14.3 Å². The molecule has 0 amide bonds. The third-order valence-corrected chi connectivity index (χ3v) is 2.24. The second-order valence-electron chi connectivity index (χ2n) is 2.97. The molecule has 0 aromatic carbocycles. The second-order valence-corrected chi connectivity index (χ2v) is 2.97. The van der Waals surface area contributed by atoms with E-state index in [4.69, 9.17) is 4.74 Å². The van der Waals surface area contributed by atoms with Crippen molar-refractivity contribution in [2.75, 3.05) is 27.3 Å². The van der Waals surface area contributed by atoms with Gasteiger partial charge in [-0.25, -0.2) is 0 Å². The zero-order valence-corrected chi connectivity index (χ0v) is 8.73. The number of nitrogens with one attached hydrogen (secondary N) is 1. The standard InChI is InChI=1S/C8H15NO3.ClH/c1-11-7-5-9-4-6(7)3-8(10)12-2;/h6-7,9H,3-5H2,1-2H3;1H. The average Bonchev–Trinajstić information content (AvgIpc) is 2.51. The molecule has 78 valence electrons. The first kappa shape index (κ1) is 12.7. The van der Waals surface area contributed by atoms with Gasteiger partial charge in [-0.15, -0.1) is 12.4 Å². The van der Waals surface area contributed by atoms with E-state index in [9.17, 15) is 4.79 Å². The van der Waals surface area contributed by atoms with Crippen LogP contribution in [0.2, 0.25) is 0 Å². The molecule has 0 saturated carbocycles. The molecule has 2 atom stereocenters. The molecule has 1 aliphatic rings. The highest BCUT2D eigenvalue weighted by Gasteiger charge is 2.28. The normalized spacial score (nSPS) is 26.6. The summed E-state index contributed by atoms with van der Waals surface area (Å²) >= 11 is 0. The number of carbonyl (C=O) groups is 1. The quantitative estimate of drug-likeness (QED) is 0.675. The largest absolute Gasteiger partial charge is 0.469 e. The van der Waals surface area contributed by atoms with E-state index in [-0.39, 0.29) is 30.4 Å². The zero-order valence-electron chi connectivity index (χ0n) is 7.91. The van der Waals surface area contributed by atoms with Crippen molar-refractivity contribution in [3.8, 4) is 0 Å². The van der Waals surface area contributed by atoms with Crippen LogP contribution >= 0.6 is 12.4 Å². The fourth-order valence-electron chi connectivity index (χ4n) is 1.49. The lowest BCUT2D eigenvalue weighted by Crippen LogP contribution is -2.23. The molecule has 0 aliphatic carbocycles. The fraction of sp³-hybridized carbons (Fsp3) is 0.875. The summed E-state index contributed by atoms with van der Waals surface area (Å²) in [5.41, 5.74) is 0. The van der Waals surface area contributed by atoms with Gasteiger partial charge in [-0.1, -0.05) is 0 Å². The molecule has 4 nitrogen and oxygen atoms in total. The van der Waals surface area contributed by atoms with Crippen LogP contribution in [0.25, 0.3) is 0 Å². The van der Waals surface area contributed by atoms with E-state index in [1.165, 1.54) is 7.11 Å². The van der Waals surface area contributed by atoms with Gasteiger partial charge >= 0.3 is 5.97 Å². The maximum Gasteiger partial charge on any atom is 0.305 e. The molecule has 0 aromatic rings. The van der Waals surface area contributed by atoms with Crippen molar-refractivity contribution in [3.05, 3.63) is 0 Å². The maximum atomic E-state index is 10.9. The molecule has 1 rings (SSSR count). The molecule has 5 heteroatoms. The van der Waals surface area contributed by atoms with E-state index in [1.807, 2.05) is 0 Å². The Labute approximate surface area is 84.4 Å². The van der Waals surface area contributed by atoms with E-state index >= 15 is 0 Å². The Morgan fingerprint density at radius 3 is 2.69 bits per heavy atom. The molecular formula is C8H16ClNO3. The molecule has 2 unspecified atom stereocenters. The summed E-state index contributed by atoms with van der Waals surface area (Å²) in [6.07, 6.45) is 0.603. The van der Waals surface area contributed by atoms with Crippen LogP contribution in [0.4, 0.5) is 0 Å². The number of esters is 1. The first-order valence-electron chi connectivity index (χ1n) is 4.08. The summed E-state index contributed by atoms with van der Waals surface area (Å²) in [6, 6.07) is 0. The third-order valence-electron chi connectivity index (χ3n) is 2.24. The highest BCUT2D eigenvalue weighted by Crippen LogP contribution is 2.16. The number of rotatable bonds is 3. The predicted octanol–water partition coefficient (Wildman–Crippen LogP) is 0.206. The van der Waals surface area contributed by atoms with Gasteiger partial charge in [-0.2, -0.15) is 0 Å². The van der Waals surface area contributed by atoms with Gasteiger partial charge in [0.25, 0.3) is 0 Å². The summed E-state index contributed by atoms with van der Waals surface area (Å²) in [6.45, 7) is 1.67. The van der Waals surface area contributed by atoms with Crippen LogP contribution < -0.4 is 5.32 Å². The Morgan fingerprint density at radius 2 is 2.15 bits per heavy atom. The summed E-state index contributed by atoms with van der Waals surface area (Å²) in [4.78, 5) is 10.9. The molecule has 0 radical (unpaired) electrons. The minimum atomic E-state index is -0.161. The van der Waals surface area contributed by atoms with E-state index < -0.39 is 0 Å². The van der Waals surface area contributed by atoms with Gasteiger partial charge < -0.3 is 14.8 Å². The Balaban J connectivity index is 0.00000144. The van der Waals surface area contributed by atoms with Crippen LogP contribution in [0.1, 0.15) is 6.42 Å². The highest BCUT2D eigenvalue weighted by atomic mass is 35.5. The Hall–Kier alpha value is -0.320. The lowest BCUT2D eigenvalue weighted by molar-refractivity contribution is -0.142. The molecule has 0 aromatic heterocycles. The minimum absolute atomic E-state index is 0. The number of ether oxygens (including phenoxy) is 2. The highest BCUT2D eigenvalue weighted by molar-refractivity contribution is 5.85. The molecular weight excluding hydrogens is 194 g/mol. The van der Waals surface area contributed by atoms with Gasteiger partial charge in [0.05, 0.1) is 19.6 Å². The van der Waals surface area contributed by atoms with Crippen LogP contribution in [-0.4, -0.2) is 39.4 Å². The Bertz CT molecular complexity index is 165. The first-order valence-corrected chi connectivity index (χ1v) is 4.08. The van der Waals surface area contributed by atoms with Crippen LogP contribution in [0.5, 0.6) is 0 Å². The lowest BCUT2D eigenvalue weighted by Gasteiger charge is -2.14. The number of methoxy groups -OCH3 is 2. The van der Waals surface area contributed by atoms with Gasteiger partial charge in [0.1, 0.15) is 0 Å². The van der Waals surface area contributed by atoms with Crippen molar-refractivity contribution in [2.45, 2.75) is 12.5 Å². The zero-order chi connectivity index (χ0) is 8.97. The van der Waals surface area contributed by atoms with Crippen LogP contribution in [-0.2, 0) is 14.3 Å². The molecule has 1 fully saturated rings. The molecule has 1 N–H and O–H groups in total. The summed E-state index contributed by atoms with van der Waals surface area (Å²) in [5, 5.41) is 3.17. The third kappa shape index (κ3) is 3.50. The average molecular weight is 210 g/mol. The van der Waals surface area contributed by atoms with Gasteiger partial charge in [-0.05, 0) is 0 Å². The summed E-state index contributed by atoms with van der Waals surface area (Å²) < 4.78 is 9.78. The van der Waals surface area contributed by atoms with E-state index in [2.05, 4.69) is 10.1 Å². The van der Waals surface area contributed by atoms with Crippen LogP contribution in [0.15, 0.2) is 0 Å². The van der Waals surface area contributed by atoms with Crippen molar-refractivity contribution >= 4 is 18.4 Å².